The van der Waals surface area contributed by atoms with Crippen molar-refractivity contribution in [2.75, 3.05) is 26.3 Å². The van der Waals surface area contributed by atoms with E-state index in [0.29, 0.717) is 23.1 Å². The lowest BCUT2D eigenvalue weighted by Gasteiger charge is -2.15. The van der Waals surface area contributed by atoms with E-state index >= 15 is 0 Å². The van der Waals surface area contributed by atoms with Crippen molar-refractivity contribution in [1.82, 2.24) is 9.97 Å². The van der Waals surface area contributed by atoms with Crippen LogP contribution in [0.4, 0.5) is 5.82 Å². The number of hydrogen-bond acceptors (Lipinski definition) is 6. The lowest BCUT2D eigenvalue weighted by molar-refractivity contribution is 0.355. The number of benzene rings is 3. The van der Waals surface area contributed by atoms with Crippen LogP contribution >= 0.6 is 15.9 Å². The van der Waals surface area contributed by atoms with E-state index in [1.165, 1.54) is 0 Å². The first-order chi connectivity index (χ1) is 16.1. The van der Waals surface area contributed by atoms with Crippen LogP contribution in [-0.2, 0) is 0 Å². The molecular weight excluding hydrogens is 480 g/mol. The van der Waals surface area contributed by atoms with Crippen molar-refractivity contribution >= 4 is 28.0 Å². The summed E-state index contributed by atoms with van der Waals surface area (Å²) in [5.74, 6) is 2.63. The second kappa shape index (κ2) is 10.3. The predicted octanol–water partition coefficient (Wildman–Crippen LogP) is 6.06. The number of hydrogen-bond donors (Lipinski definition) is 0. The monoisotopic (exact) mass is 502 g/mol. The molecule has 7 heteroatoms. The molecule has 0 N–H and O–H groups in total. The van der Waals surface area contributed by atoms with E-state index in [1.807, 2.05) is 85.9 Å². The predicted molar refractivity (Wildman–Crippen MR) is 136 cm³/mol. The molecule has 4 rings (SSSR count). The maximum atomic E-state index is 5.38. The van der Waals surface area contributed by atoms with Gasteiger partial charge < -0.3 is 9.47 Å². The Balaban J connectivity index is 1.70. The molecule has 1 heterocycles. The third-order valence-corrected chi connectivity index (χ3v) is 5.53. The highest BCUT2D eigenvalue weighted by molar-refractivity contribution is 9.10. The molecule has 0 aliphatic heterocycles. The first-order valence-electron chi connectivity index (χ1n) is 10.3. The van der Waals surface area contributed by atoms with Crippen molar-refractivity contribution in [2.24, 2.45) is 5.10 Å². The van der Waals surface area contributed by atoms with Gasteiger partial charge in [-0.05, 0) is 35.9 Å². The fourth-order valence-electron chi connectivity index (χ4n) is 3.23. The van der Waals surface area contributed by atoms with Gasteiger partial charge in [0.05, 0.1) is 26.1 Å². The van der Waals surface area contributed by atoms with Gasteiger partial charge in [0.15, 0.2) is 23.1 Å². The minimum atomic E-state index is 0.631. The van der Waals surface area contributed by atoms with Crippen molar-refractivity contribution in [1.29, 1.82) is 0 Å². The fraction of sp³-hybridized carbons (Fsp3) is 0.115. The number of aromatic nitrogens is 2. The summed E-state index contributed by atoms with van der Waals surface area (Å²) in [4.78, 5) is 9.58. The van der Waals surface area contributed by atoms with Crippen LogP contribution in [0.25, 0.3) is 22.6 Å². The van der Waals surface area contributed by atoms with Gasteiger partial charge in [-0.15, -0.1) is 0 Å². The third-order valence-electron chi connectivity index (χ3n) is 5.00. The molecule has 0 saturated heterocycles. The Hall–Kier alpha value is -3.71. The smallest absolute Gasteiger partial charge is 0.162 e. The Bertz CT molecular complexity index is 1260. The van der Waals surface area contributed by atoms with Crippen LogP contribution in [0.15, 0.2) is 88.4 Å². The number of rotatable bonds is 7. The Morgan fingerprint density at radius 2 is 1.55 bits per heavy atom. The molecule has 6 nitrogen and oxygen atoms in total. The van der Waals surface area contributed by atoms with Crippen molar-refractivity contribution in [3.8, 4) is 34.1 Å². The van der Waals surface area contributed by atoms with Crippen LogP contribution < -0.4 is 14.5 Å². The van der Waals surface area contributed by atoms with Crippen LogP contribution in [0.3, 0.4) is 0 Å². The van der Waals surface area contributed by atoms with E-state index in [1.54, 1.807) is 25.4 Å². The Kier molecular flexibility index (Phi) is 7.00. The maximum absolute atomic E-state index is 5.38. The lowest BCUT2D eigenvalue weighted by Crippen LogP contribution is -2.12. The van der Waals surface area contributed by atoms with Crippen molar-refractivity contribution in [3.63, 3.8) is 0 Å². The van der Waals surface area contributed by atoms with Gasteiger partial charge in [0.1, 0.15) is 0 Å². The van der Waals surface area contributed by atoms with Gasteiger partial charge >= 0.3 is 0 Å². The maximum Gasteiger partial charge on any atom is 0.162 e. The Morgan fingerprint density at radius 3 is 2.24 bits per heavy atom. The summed E-state index contributed by atoms with van der Waals surface area (Å²) < 4.78 is 11.7. The topological polar surface area (TPSA) is 59.8 Å². The molecule has 1 aromatic heterocycles. The molecule has 166 valence electrons. The van der Waals surface area contributed by atoms with Crippen molar-refractivity contribution in [2.45, 2.75) is 0 Å². The second-order valence-electron chi connectivity index (χ2n) is 7.19. The molecule has 0 aliphatic rings. The van der Waals surface area contributed by atoms with Crippen LogP contribution in [0, 0.1) is 0 Å². The van der Waals surface area contributed by atoms with Gasteiger partial charge in [0.25, 0.3) is 0 Å². The lowest BCUT2D eigenvalue weighted by atomic mass is 10.1. The zero-order valence-corrected chi connectivity index (χ0v) is 20.2. The summed E-state index contributed by atoms with van der Waals surface area (Å²) in [6, 6.07) is 25.6. The molecule has 0 saturated carbocycles. The first kappa shape index (κ1) is 22.5. The highest BCUT2D eigenvalue weighted by Gasteiger charge is 2.11. The molecular formula is C26H23BrN4O2. The molecule has 0 amide bonds. The summed E-state index contributed by atoms with van der Waals surface area (Å²) in [5.41, 5.74) is 3.64. The number of hydrazone groups is 1. The normalized spacial score (nSPS) is 10.9. The Morgan fingerprint density at radius 1 is 0.818 bits per heavy atom. The molecule has 0 aliphatic carbocycles. The molecule has 0 bridgehead atoms. The van der Waals surface area contributed by atoms with Crippen LogP contribution in [0.1, 0.15) is 5.56 Å². The van der Waals surface area contributed by atoms with Gasteiger partial charge in [0.2, 0.25) is 0 Å². The van der Waals surface area contributed by atoms with Gasteiger partial charge in [-0.25, -0.2) is 9.97 Å². The number of methoxy groups -OCH3 is 2. The quantitative estimate of drug-likeness (QED) is 0.227. The van der Waals surface area contributed by atoms with Gasteiger partial charge in [-0.1, -0.05) is 58.4 Å². The molecule has 0 atom stereocenters. The van der Waals surface area contributed by atoms with Crippen LogP contribution in [0.5, 0.6) is 11.5 Å². The number of nitrogens with zero attached hydrogens (tertiary/aromatic N) is 4. The average molecular weight is 503 g/mol. The molecule has 0 unspecified atom stereocenters. The van der Waals surface area contributed by atoms with Gasteiger partial charge in [-0.2, -0.15) is 5.10 Å². The second-order valence-corrected chi connectivity index (χ2v) is 8.11. The highest BCUT2D eigenvalue weighted by Crippen LogP contribution is 2.28. The van der Waals surface area contributed by atoms with Gasteiger partial charge in [0, 0.05) is 28.7 Å². The van der Waals surface area contributed by atoms with Crippen LogP contribution in [-0.4, -0.2) is 37.4 Å². The number of halogens is 1. The minimum absolute atomic E-state index is 0.631. The minimum Gasteiger partial charge on any atom is -0.493 e. The number of anilines is 1. The molecule has 0 radical (unpaired) electrons. The first-order valence-corrected chi connectivity index (χ1v) is 11.1. The van der Waals surface area contributed by atoms with E-state index in [2.05, 4.69) is 21.0 Å². The third kappa shape index (κ3) is 5.38. The zero-order valence-electron chi connectivity index (χ0n) is 18.6. The summed E-state index contributed by atoms with van der Waals surface area (Å²) in [6.07, 6.45) is 1.76. The zero-order chi connectivity index (χ0) is 23.2. The average Bonchev–Trinajstić information content (AvgIpc) is 2.87. The molecule has 4 aromatic rings. The molecule has 33 heavy (non-hydrogen) atoms. The summed E-state index contributed by atoms with van der Waals surface area (Å²) in [7, 11) is 5.09. The van der Waals surface area contributed by atoms with Gasteiger partial charge in [-0.3, -0.25) is 5.01 Å². The largest absolute Gasteiger partial charge is 0.493 e. The summed E-state index contributed by atoms with van der Waals surface area (Å²) in [6.45, 7) is 0. The van der Waals surface area contributed by atoms with E-state index in [0.717, 1.165) is 26.9 Å². The number of ether oxygens (including phenoxy) is 2. The molecule has 3 aromatic carbocycles. The van der Waals surface area contributed by atoms with E-state index in [4.69, 9.17) is 19.4 Å². The fourth-order valence-corrected chi connectivity index (χ4v) is 3.49. The summed E-state index contributed by atoms with van der Waals surface area (Å²) >= 11 is 3.48. The SMILES string of the molecule is COc1ccc(C=NN(C)c2cc(-c3ccccc3)nc(-c3ccc(Br)cc3)n2)cc1OC. The van der Waals surface area contributed by atoms with E-state index in [9.17, 15) is 0 Å². The Labute approximate surface area is 201 Å². The van der Waals surface area contributed by atoms with E-state index in [-0.39, 0.29) is 0 Å². The standard InChI is InChI=1S/C26H23BrN4O2/c1-31(28-17-18-9-14-23(32-2)24(15-18)33-3)25-16-22(19-7-5-4-6-8-19)29-26(30-25)20-10-12-21(27)13-11-20/h4-17H,1-3H3. The van der Waals surface area contributed by atoms with Crippen molar-refractivity contribution in [3.05, 3.63) is 88.9 Å². The highest BCUT2D eigenvalue weighted by atomic mass is 79.9. The van der Waals surface area contributed by atoms with E-state index < -0.39 is 0 Å². The summed E-state index contributed by atoms with van der Waals surface area (Å²) in [5, 5.41) is 6.32. The molecule has 0 spiro atoms. The van der Waals surface area contributed by atoms with Crippen LogP contribution in [0.2, 0.25) is 0 Å². The van der Waals surface area contributed by atoms with Crippen molar-refractivity contribution < 1.29 is 9.47 Å². The molecule has 0 fully saturated rings.